The monoisotopic (exact) mass is 405 g/mol. The van der Waals surface area contributed by atoms with Gasteiger partial charge in [0.2, 0.25) is 11.8 Å². The third-order valence-electron chi connectivity index (χ3n) is 3.51. The first-order valence-electron chi connectivity index (χ1n) is 7.83. The number of amides is 1. The number of thioether (sulfide) groups is 1. The van der Waals surface area contributed by atoms with Crippen LogP contribution in [0, 0.1) is 0 Å². The van der Waals surface area contributed by atoms with Crippen molar-refractivity contribution >= 4 is 35.0 Å². The van der Waals surface area contributed by atoms with E-state index in [1.807, 2.05) is 0 Å². The number of methoxy groups -OCH3 is 2. The van der Waals surface area contributed by atoms with Crippen LogP contribution in [0.4, 0.5) is 5.69 Å². The van der Waals surface area contributed by atoms with Gasteiger partial charge < -0.3 is 19.2 Å². The molecule has 1 aromatic heterocycles. The molecule has 0 aliphatic carbocycles. The van der Waals surface area contributed by atoms with E-state index in [-0.39, 0.29) is 11.7 Å². The lowest BCUT2D eigenvalue weighted by Gasteiger charge is -2.11. The second-order valence-electron chi connectivity index (χ2n) is 5.28. The van der Waals surface area contributed by atoms with Crippen molar-refractivity contribution < 1.29 is 18.7 Å². The Hall–Kier alpha value is -2.71. The summed E-state index contributed by atoms with van der Waals surface area (Å²) in [5.74, 6) is 1.38. The van der Waals surface area contributed by atoms with E-state index in [2.05, 4.69) is 15.5 Å². The number of nitrogens with zero attached hydrogens (tertiary/aromatic N) is 2. The number of nitrogens with one attached hydrogen (secondary N) is 1. The predicted molar refractivity (Wildman–Crippen MR) is 104 cm³/mol. The number of halogens is 1. The zero-order chi connectivity index (χ0) is 19.2. The number of hydrogen-bond donors (Lipinski definition) is 1. The van der Waals surface area contributed by atoms with Gasteiger partial charge in [-0.3, -0.25) is 4.79 Å². The number of rotatable bonds is 7. The fourth-order valence-electron chi connectivity index (χ4n) is 2.20. The number of aromatic nitrogens is 2. The number of ether oxygens (including phenoxy) is 2. The first-order chi connectivity index (χ1) is 13.1. The zero-order valence-electron chi connectivity index (χ0n) is 14.6. The molecule has 9 heteroatoms. The molecule has 0 unspecified atom stereocenters. The van der Waals surface area contributed by atoms with Crippen molar-refractivity contribution in [2.45, 2.75) is 5.22 Å². The van der Waals surface area contributed by atoms with Gasteiger partial charge in [-0.05, 0) is 36.4 Å². The summed E-state index contributed by atoms with van der Waals surface area (Å²) in [5, 5.41) is 11.6. The van der Waals surface area contributed by atoms with E-state index in [1.165, 1.54) is 7.11 Å². The van der Waals surface area contributed by atoms with Gasteiger partial charge in [-0.25, -0.2) is 0 Å². The van der Waals surface area contributed by atoms with Crippen LogP contribution in [0.25, 0.3) is 11.5 Å². The van der Waals surface area contributed by atoms with Crippen LogP contribution in [0.5, 0.6) is 11.5 Å². The molecule has 0 aliphatic heterocycles. The predicted octanol–water partition coefficient (Wildman–Crippen LogP) is 4.14. The van der Waals surface area contributed by atoms with Crippen LogP contribution in [0.15, 0.2) is 52.1 Å². The summed E-state index contributed by atoms with van der Waals surface area (Å²) in [7, 11) is 3.08. The molecule has 1 heterocycles. The summed E-state index contributed by atoms with van der Waals surface area (Å²) in [4.78, 5) is 12.2. The van der Waals surface area contributed by atoms with E-state index < -0.39 is 0 Å². The van der Waals surface area contributed by atoms with Gasteiger partial charge >= 0.3 is 0 Å². The first-order valence-corrected chi connectivity index (χ1v) is 9.19. The largest absolute Gasteiger partial charge is 0.497 e. The Balaban J connectivity index is 1.61. The third kappa shape index (κ3) is 4.93. The molecule has 27 heavy (non-hydrogen) atoms. The molecule has 1 amide bonds. The quantitative estimate of drug-likeness (QED) is 0.591. The van der Waals surface area contributed by atoms with E-state index in [1.54, 1.807) is 49.6 Å². The molecule has 0 fully saturated rings. The molecule has 3 rings (SSSR count). The highest BCUT2D eigenvalue weighted by molar-refractivity contribution is 7.99. The van der Waals surface area contributed by atoms with Crippen LogP contribution in [-0.4, -0.2) is 36.1 Å². The van der Waals surface area contributed by atoms with Crippen LogP contribution in [0.3, 0.4) is 0 Å². The smallest absolute Gasteiger partial charge is 0.277 e. The van der Waals surface area contributed by atoms with E-state index in [0.29, 0.717) is 33.3 Å². The van der Waals surface area contributed by atoms with Crippen LogP contribution >= 0.6 is 23.4 Å². The highest BCUT2D eigenvalue weighted by Crippen LogP contribution is 2.29. The van der Waals surface area contributed by atoms with E-state index in [4.69, 9.17) is 25.5 Å². The first kappa shape index (κ1) is 19.1. The van der Waals surface area contributed by atoms with Crippen molar-refractivity contribution in [3.05, 3.63) is 47.5 Å². The third-order valence-corrected chi connectivity index (χ3v) is 4.58. The average molecular weight is 406 g/mol. The number of carbonyl (C=O) groups is 1. The van der Waals surface area contributed by atoms with Gasteiger partial charge in [0.05, 0.1) is 25.7 Å². The summed E-state index contributed by atoms with van der Waals surface area (Å²) < 4.78 is 16.0. The van der Waals surface area contributed by atoms with Gasteiger partial charge in [0.15, 0.2) is 0 Å². The minimum atomic E-state index is -0.238. The van der Waals surface area contributed by atoms with Crippen molar-refractivity contribution in [3.8, 4) is 23.0 Å². The second-order valence-corrected chi connectivity index (χ2v) is 6.65. The second kappa shape index (κ2) is 8.79. The van der Waals surface area contributed by atoms with E-state index in [9.17, 15) is 4.79 Å². The molecule has 140 valence electrons. The number of hydrogen-bond acceptors (Lipinski definition) is 7. The minimum Gasteiger partial charge on any atom is -0.497 e. The summed E-state index contributed by atoms with van der Waals surface area (Å²) in [6.07, 6.45) is 0. The lowest BCUT2D eigenvalue weighted by atomic mass is 10.2. The molecule has 0 saturated heterocycles. The lowest BCUT2D eigenvalue weighted by molar-refractivity contribution is -0.113. The molecule has 0 spiro atoms. The maximum atomic E-state index is 12.2. The molecule has 3 aromatic rings. The molecule has 7 nitrogen and oxygen atoms in total. The van der Waals surface area contributed by atoms with E-state index >= 15 is 0 Å². The van der Waals surface area contributed by atoms with Gasteiger partial charge in [-0.1, -0.05) is 23.4 Å². The van der Waals surface area contributed by atoms with Crippen molar-refractivity contribution in [1.29, 1.82) is 0 Å². The highest BCUT2D eigenvalue weighted by atomic mass is 35.5. The van der Waals surface area contributed by atoms with Gasteiger partial charge in [0, 0.05) is 16.7 Å². The van der Waals surface area contributed by atoms with Gasteiger partial charge in [0.1, 0.15) is 11.5 Å². The Kier molecular flexibility index (Phi) is 6.20. The summed E-state index contributed by atoms with van der Waals surface area (Å²) in [5.41, 5.74) is 1.28. The van der Waals surface area contributed by atoms with Crippen molar-refractivity contribution in [2.24, 2.45) is 0 Å². The number of benzene rings is 2. The molecule has 1 N–H and O–H groups in total. The van der Waals surface area contributed by atoms with Gasteiger partial charge in [0.25, 0.3) is 5.22 Å². The molecule has 0 aliphatic rings. The number of carbonyl (C=O) groups excluding carboxylic acids is 1. The van der Waals surface area contributed by atoms with Crippen LogP contribution in [0.1, 0.15) is 0 Å². The molecular formula is C18H16ClN3O4S. The Bertz CT molecular complexity index is 931. The fourth-order valence-corrected chi connectivity index (χ4v) is 2.89. The molecule has 0 radical (unpaired) electrons. The van der Waals surface area contributed by atoms with Crippen molar-refractivity contribution in [2.75, 3.05) is 25.3 Å². The maximum absolute atomic E-state index is 12.2. The topological polar surface area (TPSA) is 86.5 Å². The summed E-state index contributed by atoms with van der Waals surface area (Å²) in [6, 6.07) is 12.2. The lowest BCUT2D eigenvalue weighted by Crippen LogP contribution is -2.14. The van der Waals surface area contributed by atoms with Crippen LogP contribution in [0.2, 0.25) is 5.02 Å². The SMILES string of the molecule is COc1ccc(OC)c(NC(=O)CSc2nnc(-c3ccc(Cl)cc3)o2)c1. The molecule has 0 saturated carbocycles. The minimum absolute atomic E-state index is 0.0998. The normalized spacial score (nSPS) is 10.5. The molecule has 0 bridgehead atoms. The standard InChI is InChI=1S/C18H16ClN3O4S/c1-24-13-7-8-15(25-2)14(9-13)20-16(23)10-27-18-22-21-17(26-18)11-3-5-12(19)6-4-11/h3-9H,10H2,1-2H3,(H,20,23). The molecular weight excluding hydrogens is 390 g/mol. The number of anilines is 1. The fraction of sp³-hybridized carbons (Fsp3) is 0.167. The Morgan fingerprint density at radius 2 is 1.93 bits per heavy atom. The average Bonchev–Trinajstić information content (AvgIpc) is 3.16. The summed E-state index contributed by atoms with van der Waals surface area (Å²) in [6.45, 7) is 0. The molecule has 2 aromatic carbocycles. The Morgan fingerprint density at radius 1 is 1.15 bits per heavy atom. The summed E-state index contributed by atoms with van der Waals surface area (Å²) >= 11 is 7.00. The van der Waals surface area contributed by atoms with Gasteiger partial charge in [-0.2, -0.15) is 0 Å². The Morgan fingerprint density at radius 3 is 2.63 bits per heavy atom. The zero-order valence-corrected chi connectivity index (χ0v) is 16.1. The highest BCUT2D eigenvalue weighted by Gasteiger charge is 2.13. The van der Waals surface area contributed by atoms with Crippen LogP contribution in [-0.2, 0) is 4.79 Å². The van der Waals surface area contributed by atoms with Gasteiger partial charge in [-0.15, -0.1) is 10.2 Å². The maximum Gasteiger partial charge on any atom is 0.277 e. The molecule has 0 atom stereocenters. The Labute approximate surface area is 165 Å². The van der Waals surface area contributed by atoms with E-state index in [0.717, 1.165) is 17.3 Å². The van der Waals surface area contributed by atoms with Crippen molar-refractivity contribution in [3.63, 3.8) is 0 Å². The van der Waals surface area contributed by atoms with Crippen molar-refractivity contribution in [1.82, 2.24) is 10.2 Å². The van der Waals surface area contributed by atoms with Crippen LogP contribution < -0.4 is 14.8 Å².